The van der Waals surface area contributed by atoms with Crippen molar-refractivity contribution in [3.63, 3.8) is 0 Å². The van der Waals surface area contributed by atoms with Crippen LogP contribution in [0.2, 0.25) is 0 Å². The van der Waals surface area contributed by atoms with Gasteiger partial charge >= 0.3 is 11.9 Å². The van der Waals surface area contributed by atoms with Crippen molar-refractivity contribution < 1.29 is 28.5 Å². The maximum atomic E-state index is 12.5. The summed E-state index contributed by atoms with van der Waals surface area (Å²) in [6.07, 6.45) is 4.31. The molecule has 0 aliphatic heterocycles. The second kappa shape index (κ2) is 13.5. The number of ether oxygens (including phenoxy) is 4. The molecule has 0 amide bonds. The number of hydrogen-bond donors (Lipinski definition) is 0. The van der Waals surface area contributed by atoms with Crippen LogP contribution in [-0.4, -0.2) is 38.5 Å². The Morgan fingerprint density at radius 1 is 0.917 bits per heavy atom. The van der Waals surface area contributed by atoms with E-state index in [9.17, 15) is 9.59 Å². The zero-order valence-electron chi connectivity index (χ0n) is 20.4. The van der Waals surface area contributed by atoms with Gasteiger partial charge < -0.3 is 18.9 Å². The van der Waals surface area contributed by atoms with E-state index in [4.69, 9.17) is 18.9 Å². The summed E-state index contributed by atoms with van der Waals surface area (Å²) in [5.41, 5.74) is 3.13. The van der Waals surface area contributed by atoms with E-state index in [0.29, 0.717) is 36.7 Å². The Morgan fingerprint density at radius 3 is 2.28 bits per heavy atom. The van der Waals surface area contributed by atoms with Crippen LogP contribution in [0.3, 0.4) is 0 Å². The number of aryl methyl sites for hydroxylation is 1. The molecular formula is C29H29NO6. The number of carbonyl (C=O) groups is 2. The van der Waals surface area contributed by atoms with Crippen molar-refractivity contribution >= 4 is 23.8 Å². The number of rotatable bonds is 12. The number of nitrogens with zero attached hydrogens (tertiary/aromatic N) is 1. The first-order chi connectivity index (χ1) is 17.5. The molecule has 36 heavy (non-hydrogen) atoms. The van der Waals surface area contributed by atoms with Gasteiger partial charge in [0.15, 0.2) is 0 Å². The highest BCUT2D eigenvalue weighted by Crippen LogP contribution is 2.23. The standard InChI is InChI=1S/C29H29NO6/c1-4-28(31)35-18-6-5-17-34-25-14-9-23(10-15-25)29(32)36-26-12-7-22(8-13-26)20-30-24-11-16-27(33-3)21(2)19-24/h4,7-16,19-20H,1,5-6,17-18H2,2-3H3/b30-20+. The minimum Gasteiger partial charge on any atom is -0.496 e. The van der Waals surface area contributed by atoms with Crippen LogP contribution in [0.15, 0.2) is 84.4 Å². The number of carbonyl (C=O) groups excluding carboxylic acids is 2. The number of methoxy groups -OCH3 is 1. The third kappa shape index (κ3) is 8.13. The predicted octanol–water partition coefficient (Wildman–Crippen LogP) is 5.86. The summed E-state index contributed by atoms with van der Waals surface area (Å²) in [7, 11) is 1.64. The van der Waals surface area contributed by atoms with Crippen molar-refractivity contribution in [2.45, 2.75) is 19.8 Å². The maximum Gasteiger partial charge on any atom is 0.343 e. The normalized spacial score (nSPS) is 10.6. The number of esters is 2. The van der Waals surface area contributed by atoms with Gasteiger partial charge in [-0.1, -0.05) is 6.58 Å². The molecule has 0 atom stereocenters. The first-order valence-corrected chi connectivity index (χ1v) is 11.5. The Labute approximate surface area is 211 Å². The fourth-order valence-electron chi connectivity index (χ4n) is 3.19. The number of hydrogen-bond acceptors (Lipinski definition) is 7. The van der Waals surface area contributed by atoms with Crippen LogP contribution in [0.25, 0.3) is 0 Å². The van der Waals surface area contributed by atoms with Gasteiger partial charge in [0.25, 0.3) is 0 Å². The number of benzene rings is 3. The molecule has 3 rings (SSSR count). The van der Waals surface area contributed by atoms with E-state index in [1.165, 1.54) is 0 Å². The van der Waals surface area contributed by atoms with Crippen molar-refractivity contribution in [1.82, 2.24) is 0 Å². The molecule has 0 radical (unpaired) electrons. The van der Waals surface area contributed by atoms with E-state index < -0.39 is 11.9 Å². The molecule has 186 valence electrons. The summed E-state index contributed by atoms with van der Waals surface area (Å²) >= 11 is 0. The van der Waals surface area contributed by atoms with E-state index in [1.54, 1.807) is 49.7 Å². The van der Waals surface area contributed by atoms with Crippen LogP contribution in [-0.2, 0) is 9.53 Å². The van der Waals surface area contributed by atoms with E-state index in [1.807, 2.05) is 37.3 Å². The SMILES string of the molecule is C=CC(=O)OCCCCOc1ccc(C(=O)Oc2ccc(/C=N/c3ccc(OC)c(C)c3)cc2)cc1. The molecule has 0 N–H and O–H groups in total. The second-order valence-electron chi connectivity index (χ2n) is 7.82. The lowest BCUT2D eigenvalue weighted by Gasteiger charge is -2.08. The maximum absolute atomic E-state index is 12.5. The zero-order valence-corrected chi connectivity index (χ0v) is 20.4. The molecule has 0 bridgehead atoms. The average molecular weight is 488 g/mol. The van der Waals surface area contributed by atoms with E-state index >= 15 is 0 Å². The monoisotopic (exact) mass is 487 g/mol. The predicted molar refractivity (Wildman–Crippen MR) is 139 cm³/mol. The summed E-state index contributed by atoms with van der Waals surface area (Å²) in [5.74, 6) is 1.02. The summed E-state index contributed by atoms with van der Waals surface area (Å²) in [4.78, 5) is 27.9. The lowest BCUT2D eigenvalue weighted by molar-refractivity contribution is -0.137. The molecule has 0 aliphatic carbocycles. The van der Waals surface area contributed by atoms with Gasteiger partial charge in [0.2, 0.25) is 0 Å². The van der Waals surface area contributed by atoms with E-state index in [0.717, 1.165) is 35.1 Å². The van der Waals surface area contributed by atoms with Crippen molar-refractivity contribution in [3.8, 4) is 17.2 Å². The van der Waals surface area contributed by atoms with E-state index in [2.05, 4.69) is 11.6 Å². The Bertz CT molecular complexity index is 1200. The molecule has 7 heteroatoms. The summed E-state index contributed by atoms with van der Waals surface area (Å²) in [5, 5.41) is 0. The molecule has 0 saturated carbocycles. The van der Waals surface area contributed by atoms with Crippen molar-refractivity contribution in [2.75, 3.05) is 20.3 Å². The minimum atomic E-state index is -0.458. The molecule has 0 unspecified atom stereocenters. The lowest BCUT2D eigenvalue weighted by atomic mass is 10.2. The third-order valence-corrected chi connectivity index (χ3v) is 5.14. The first-order valence-electron chi connectivity index (χ1n) is 11.5. The zero-order chi connectivity index (χ0) is 25.8. The third-order valence-electron chi connectivity index (χ3n) is 5.14. The Balaban J connectivity index is 1.45. The summed E-state index contributed by atoms with van der Waals surface area (Å²) in [6.45, 7) is 6.12. The van der Waals surface area contributed by atoms with Crippen LogP contribution in [0.1, 0.15) is 34.3 Å². The lowest BCUT2D eigenvalue weighted by Crippen LogP contribution is -2.08. The van der Waals surface area contributed by atoms with Crippen LogP contribution in [0, 0.1) is 6.92 Å². The first kappa shape index (κ1) is 26.2. The van der Waals surface area contributed by atoms with Crippen LogP contribution in [0.5, 0.6) is 17.2 Å². The van der Waals surface area contributed by atoms with Gasteiger partial charge in [0, 0.05) is 12.3 Å². The molecule has 0 spiro atoms. The molecule has 3 aromatic rings. The summed E-state index contributed by atoms with van der Waals surface area (Å²) < 4.78 is 21.3. The molecule has 3 aromatic carbocycles. The highest BCUT2D eigenvalue weighted by atomic mass is 16.5. The molecule has 7 nitrogen and oxygen atoms in total. The largest absolute Gasteiger partial charge is 0.496 e. The molecule has 0 saturated heterocycles. The Morgan fingerprint density at radius 2 is 1.61 bits per heavy atom. The van der Waals surface area contributed by atoms with Crippen molar-refractivity contribution in [1.29, 1.82) is 0 Å². The van der Waals surface area contributed by atoms with Gasteiger partial charge in [0.1, 0.15) is 17.2 Å². The van der Waals surface area contributed by atoms with Crippen LogP contribution >= 0.6 is 0 Å². The Hall–Kier alpha value is -4.39. The van der Waals surface area contributed by atoms with Gasteiger partial charge in [-0.25, -0.2) is 9.59 Å². The highest BCUT2D eigenvalue weighted by Gasteiger charge is 2.09. The van der Waals surface area contributed by atoms with Crippen LogP contribution in [0.4, 0.5) is 5.69 Å². The fraction of sp³-hybridized carbons (Fsp3) is 0.207. The minimum absolute atomic E-state index is 0.329. The molecule has 0 aromatic heterocycles. The van der Waals surface area contributed by atoms with Crippen molar-refractivity contribution in [2.24, 2.45) is 4.99 Å². The van der Waals surface area contributed by atoms with Gasteiger partial charge in [-0.05, 0) is 97.6 Å². The van der Waals surface area contributed by atoms with Gasteiger partial charge in [-0.2, -0.15) is 0 Å². The number of unbranched alkanes of at least 4 members (excludes halogenated alkanes) is 1. The number of aliphatic imine (C=N–C) groups is 1. The molecule has 0 fully saturated rings. The highest BCUT2D eigenvalue weighted by molar-refractivity contribution is 5.91. The van der Waals surface area contributed by atoms with Crippen LogP contribution < -0.4 is 14.2 Å². The molecule has 0 aliphatic rings. The topological polar surface area (TPSA) is 83.4 Å². The fourth-order valence-corrected chi connectivity index (χ4v) is 3.19. The van der Waals surface area contributed by atoms with Gasteiger partial charge in [-0.3, -0.25) is 4.99 Å². The van der Waals surface area contributed by atoms with Crippen molar-refractivity contribution in [3.05, 3.63) is 96.1 Å². The second-order valence-corrected chi connectivity index (χ2v) is 7.82. The molecule has 0 heterocycles. The Kier molecular flexibility index (Phi) is 9.82. The summed E-state index contributed by atoms with van der Waals surface area (Å²) in [6, 6.07) is 19.6. The molecular weight excluding hydrogens is 458 g/mol. The smallest absolute Gasteiger partial charge is 0.343 e. The van der Waals surface area contributed by atoms with E-state index in [-0.39, 0.29) is 0 Å². The quantitative estimate of drug-likeness (QED) is 0.105. The van der Waals surface area contributed by atoms with Gasteiger partial charge in [0.05, 0.1) is 31.6 Å². The van der Waals surface area contributed by atoms with Gasteiger partial charge in [-0.15, -0.1) is 0 Å². The average Bonchev–Trinajstić information content (AvgIpc) is 2.90.